The maximum Gasteiger partial charge on any atom is 0.309 e. The van der Waals surface area contributed by atoms with Crippen LogP contribution in [0.2, 0.25) is 5.02 Å². The van der Waals surface area contributed by atoms with Crippen LogP contribution in [0.3, 0.4) is 0 Å². The van der Waals surface area contributed by atoms with Crippen LogP contribution in [0, 0.1) is 5.92 Å². The Hall–Kier alpha value is -1.95. The van der Waals surface area contributed by atoms with Crippen molar-refractivity contribution < 1.29 is 14.3 Å². The lowest BCUT2D eigenvalue weighted by atomic mass is 9.97. The maximum atomic E-state index is 11.9. The Labute approximate surface area is 160 Å². The van der Waals surface area contributed by atoms with Crippen molar-refractivity contribution in [3.05, 3.63) is 28.8 Å². The topological polar surface area (TPSA) is 63.2 Å². The van der Waals surface area contributed by atoms with Crippen LogP contribution in [0.15, 0.2) is 23.2 Å². The summed E-state index contributed by atoms with van der Waals surface area (Å²) < 4.78 is 10.5. The van der Waals surface area contributed by atoms with Crippen molar-refractivity contribution in [2.45, 2.75) is 33.2 Å². The number of nitrogens with one attached hydrogen (secondary N) is 1. The van der Waals surface area contributed by atoms with E-state index >= 15 is 0 Å². The molecule has 1 aromatic rings. The molecular weight excluding hydrogens is 354 g/mol. The lowest BCUT2D eigenvalue weighted by Gasteiger charge is -2.33. The molecule has 1 heterocycles. The molecule has 6 nitrogen and oxygen atoms in total. The van der Waals surface area contributed by atoms with Gasteiger partial charge in [0.05, 0.1) is 26.2 Å². The summed E-state index contributed by atoms with van der Waals surface area (Å²) in [6.07, 6.45) is 1.57. The molecule has 0 aliphatic carbocycles. The quantitative estimate of drug-likeness (QED) is 0.466. The second-order valence-electron chi connectivity index (χ2n) is 6.14. The molecule has 1 fully saturated rings. The third kappa shape index (κ3) is 5.53. The predicted octanol–water partition coefficient (Wildman–Crippen LogP) is 3.09. The van der Waals surface area contributed by atoms with Gasteiger partial charge < -0.3 is 19.7 Å². The summed E-state index contributed by atoms with van der Waals surface area (Å²) in [4.78, 5) is 18.8. The molecule has 0 saturated carbocycles. The molecule has 26 heavy (non-hydrogen) atoms. The summed E-state index contributed by atoms with van der Waals surface area (Å²) >= 11 is 6.02. The van der Waals surface area contributed by atoms with E-state index in [0.29, 0.717) is 18.2 Å². The third-order valence-corrected chi connectivity index (χ3v) is 4.63. The van der Waals surface area contributed by atoms with Crippen molar-refractivity contribution in [3.63, 3.8) is 0 Å². The number of benzene rings is 1. The van der Waals surface area contributed by atoms with Gasteiger partial charge in [-0.2, -0.15) is 0 Å². The highest BCUT2D eigenvalue weighted by Crippen LogP contribution is 2.24. The number of guanidine groups is 1. The first kappa shape index (κ1) is 20.4. The van der Waals surface area contributed by atoms with Gasteiger partial charge in [-0.15, -0.1) is 0 Å². The van der Waals surface area contributed by atoms with Crippen molar-refractivity contribution >= 4 is 23.5 Å². The normalized spacial score (nSPS) is 15.7. The minimum atomic E-state index is -0.0833. The van der Waals surface area contributed by atoms with E-state index in [9.17, 15) is 4.79 Å². The van der Waals surface area contributed by atoms with Gasteiger partial charge >= 0.3 is 5.97 Å². The summed E-state index contributed by atoms with van der Waals surface area (Å²) in [7, 11) is 1.63. The van der Waals surface area contributed by atoms with E-state index in [0.717, 1.165) is 49.7 Å². The van der Waals surface area contributed by atoms with Crippen LogP contribution in [0.1, 0.15) is 32.3 Å². The van der Waals surface area contributed by atoms with E-state index in [1.54, 1.807) is 13.2 Å². The number of nitrogens with zero attached hydrogens (tertiary/aromatic N) is 2. The van der Waals surface area contributed by atoms with Gasteiger partial charge in [-0.3, -0.25) is 4.79 Å². The van der Waals surface area contributed by atoms with E-state index in [1.807, 2.05) is 26.0 Å². The molecule has 0 bridgehead atoms. The van der Waals surface area contributed by atoms with Crippen LogP contribution >= 0.6 is 11.6 Å². The number of hydrogen-bond donors (Lipinski definition) is 1. The summed E-state index contributed by atoms with van der Waals surface area (Å²) in [6.45, 7) is 7.18. The largest absolute Gasteiger partial charge is 0.496 e. The zero-order chi connectivity index (χ0) is 18.9. The Morgan fingerprint density at radius 3 is 2.69 bits per heavy atom. The number of halogens is 1. The average Bonchev–Trinajstić information content (AvgIpc) is 2.66. The van der Waals surface area contributed by atoms with Gasteiger partial charge in [0.25, 0.3) is 0 Å². The molecule has 1 aromatic carbocycles. The van der Waals surface area contributed by atoms with Crippen LogP contribution in [0.4, 0.5) is 0 Å². The van der Waals surface area contributed by atoms with Crippen LogP contribution in [-0.2, 0) is 16.1 Å². The van der Waals surface area contributed by atoms with Gasteiger partial charge in [-0.05, 0) is 38.8 Å². The number of piperidine rings is 1. The van der Waals surface area contributed by atoms with Crippen molar-refractivity contribution in [1.29, 1.82) is 0 Å². The Morgan fingerprint density at radius 1 is 1.35 bits per heavy atom. The summed E-state index contributed by atoms with van der Waals surface area (Å²) in [5.74, 6) is 1.50. The number of aliphatic imine (C=N–C) groups is 1. The lowest BCUT2D eigenvalue weighted by Crippen LogP contribution is -2.46. The molecule has 0 unspecified atom stereocenters. The monoisotopic (exact) mass is 381 g/mol. The van der Waals surface area contributed by atoms with Gasteiger partial charge in [0.1, 0.15) is 5.75 Å². The zero-order valence-electron chi connectivity index (χ0n) is 15.8. The van der Waals surface area contributed by atoms with E-state index in [1.165, 1.54) is 0 Å². The predicted molar refractivity (Wildman–Crippen MR) is 104 cm³/mol. The fraction of sp³-hybridized carbons (Fsp3) is 0.579. The van der Waals surface area contributed by atoms with Gasteiger partial charge in [-0.1, -0.05) is 17.7 Å². The van der Waals surface area contributed by atoms with Crippen molar-refractivity contribution in [3.8, 4) is 5.75 Å². The van der Waals surface area contributed by atoms with E-state index < -0.39 is 0 Å². The Morgan fingerprint density at radius 2 is 2.08 bits per heavy atom. The number of esters is 1. The molecule has 0 amide bonds. The Kier molecular flexibility index (Phi) is 8.04. The zero-order valence-corrected chi connectivity index (χ0v) is 16.5. The highest BCUT2D eigenvalue weighted by Gasteiger charge is 2.27. The van der Waals surface area contributed by atoms with Gasteiger partial charge in [0, 0.05) is 30.2 Å². The smallest absolute Gasteiger partial charge is 0.309 e. The lowest BCUT2D eigenvalue weighted by molar-refractivity contribution is -0.149. The first-order valence-corrected chi connectivity index (χ1v) is 9.49. The summed E-state index contributed by atoms with van der Waals surface area (Å²) in [6, 6.07) is 5.57. The third-order valence-electron chi connectivity index (χ3n) is 4.40. The molecule has 7 heteroatoms. The van der Waals surface area contributed by atoms with Crippen molar-refractivity contribution in [1.82, 2.24) is 10.2 Å². The molecule has 0 spiro atoms. The molecule has 1 saturated heterocycles. The number of likely N-dealkylation sites (tertiary alicyclic amines) is 1. The average molecular weight is 382 g/mol. The first-order valence-electron chi connectivity index (χ1n) is 9.11. The number of hydrogen-bond acceptors (Lipinski definition) is 4. The summed E-state index contributed by atoms with van der Waals surface area (Å²) in [5, 5.41) is 3.97. The fourth-order valence-corrected chi connectivity index (χ4v) is 3.18. The van der Waals surface area contributed by atoms with Crippen LogP contribution in [0.5, 0.6) is 5.75 Å². The Balaban J connectivity index is 2.02. The molecule has 144 valence electrons. The van der Waals surface area contributed by atoms with Gasteiger partial charge in [0.2, 0.25) is 0 Å². The van der Waals surface area contributed by atoms with Gasteiger partial charge in [0.15, 0.2) is 5.96 Å². The molecule has 0 atom stereocenters. The number of ether oxygens (including phenoxy) is 2. The van der Waals surface area contributed by atoms with Crippen LogP contribution < -0.4 is 10.1 Å². The Bertz CT molecular complexity index is 628. The number of carbonyl (C=O) groups is 1. The van der Waals surface area contributed by atoms with Crippen LogP contribution in [-0.4, -0.2) is 50.2 Å². The maximum absolute atomic E-state index is 11.9. The highest BCUT2D eigenvalue weighted by molar-refractivity contribution is 6.30. The molecular formula is C19H28ClN3O3. The molecule has 1 aliphatic heterocycles. The highest BCUT2D eigenvalue weighted by atomic mass is 35.5. The van der Waals surface area contributed by atoms with E-state index in [-0.39, 0.29) is 11.9 Å². The number of methoxy groups -OCH3 is 1. The van der Waals surface area contributed by atoms with Crippen LogP contribution in [0.25, 0.3) is 0 Å². The second-order valence-corrected chi connectivity index (χ2v) is 6.58. The van der Waals surface area contributed by atoms with Gasteiger partial charge in [-0.25, -0.2) is 4.99 Å². The standard InChI is InChI=1S/C19H28ClN3O3/c1-4-21-19(22-13-15-6-7-16(20)12-17(15)25-3)23-10-8-14(9-11-23)18(24)26-5-2/h6-7,12,14H,4-5,8-11,13H2,1-3H3,(H,21,22). The fourth-order valence-electron chi connectivity index (χ4n) is 3.02. The number of carbonyl (C=O) groups excluding carboxylic acids is 1. The molecule has 2 rings (SSSR count). The minimum absolute atomic E-state index is 0.00886. The number of rotatable bonds is 6. The van der Waals surface area contributed by atoms with E-state index in [2.05, 4.69) is 10.2 Å². The molecule has 1 N–H and O–H groups in total. The van der Waals surface area contributed by atoms with E-state index in [4.69, 9.17) is 26.1 Å². The minimum Gasteiger partial charge on any atom is -0.496 e. The molecule has 1 aliphatic rings. The summed E-state index contributed by atoms with van der Waals surface area (Å²) in [5.41, 5.74) is 0.980. The second kappa shape index (κ2) is 10.3. The van der Waals surface area contributed by atoms with Crippen molar-refractivity contribution in [2.24, 2.45) is 10.9 Å². The first-order chi connectivity index (χ1) is 12.6. The molecule has 0 radical (unpaired) electrons. The molecule has 0 aromatic heterocycles. The van der Waals surface area contributed by atoms with Crippen molar-refractivity contribution in [2.75, 3.05) is 33.4 Å². The SMILES string of the molecule is CCNC(=NCc1ccc(Cl)cc1OC)N1CCC(C(=O)OCC)CC1.